The molecule has 0 unspecified atom stereocenters. The summed E-state index contributed by atoms with van der Waals surface area (Å²) in [6.45, 7) is 2.82. The SMILES string of the molecule is CCCCCOc1ccc(C2=CC(N)=C3C(=O)C=CC(N)=C3C2=O)cc1. The van der Waals surface area contributed by atoms with Gasteiger partial charge in [-0.2, -0.15) is 0 Å². The number of carbonyl (C=O) groups excluding carboxylic acids is 2. The molecule has 5 heteroatoms. The van der Waals surface area contributed by atoms with Crippen molar-refractivity contribution in [2.45, 2.75) is 26.2 Å². The van der Waals surface area contributed by atoms with Crippen molar-refractivity contribution in [3.8, 4) is 5.75 Å². The molecule has 134 valence electrons. The lowest BCUT2D eigenvalue weighted by Crippen LogP contribution is -2.26. The van der Waals surface area contributed by atoms with Crippen LogP contribution in [0, 0.1) is 0 Å². The lowest BCUT2D eigenvalue weighted by molar-refractivity contribution is -0.113. The minimum Gasteiger partial charge on any atom is -0.494 e. The van der Waals surface area contributed by atoms with E-state index in [0.717, 1.165) is 25.0 Å². The van der Waals surface area contributed by atoms with Crippen LogP contribution in [0.25, 0.3) is 5.57 Å². The quantitative estimate of drug-likeness (QED) is 0.769. The van der Waals surface area contributed by atoms with E-state index in [0.29, 0.717) is 17.7 Å². The van der Waals surface area contributed by atoms with Gasteiger partial charge in [-0.25, -0.2) is 0 Å². The molecule has 0 heterocycles. The van der Waals surface area contributed by atoms with E-state index >= 15 is 0 Å². The molecule has 3 rings (SSSR count). The number of rotatable bonds is 6. The van der Waals surface area contributed by atoms with Crippen LogP contribution in [0.3, 0.4) is 0 Å². The monoisotopic (exact) mass is 350 g/mol. The molecule has 0 aromatic heterocycles. The molecule has 0 atom stereocenters. The molecule has 0 amide bonds. The maximum Gasteiger partial charge on any atom is 0.196 e. The first-order valence-corrected chi connectivity index (χ1v) is 8.74. The first-order chi connectivity index (χ1) is 12.5. The van der Waals surface area contributed by atoms with Gasteiger partial charge in [0.1, 0.15) is 5.75 Å². The Labute approximate surface area is 152 Å². The van der Waals surface area contributed by atoms with E-state index in [9.17, 15) is 9.59 Å². The molecule has 0 radical (unpaired) electrons. The molecule has 5 nitrogen and oxygen atoms in total. The van der Waals surface area contributed by atoms with Crippen LogP contribution < -0.4 is 16.2 Å². The summed E-state index contributed by atoms with van der Waals surface area (Å²) >= 11 is 0. The van der Waals surface area contributed by atoms with E-state index in [4.69, 9.17) is 16.2 Å². The Hall–Kier alpha value is -3.08. The molecule has 26 heavy (non-hydrogen) atoms. The highest BCUT2D eigenvalue weighted by Gasteiger charge is 2.32. The highest BCUT2D eigenvalue weighted by molar-refractivity contribution is 6.36. The number of unbranched alkanes of at least 4 members (excludes halogenated alkanes) is 2. The number of allylic oxidation sites excluding steroid dienone is 6. The van der Waals surface area contributed by atoms with Crippen molar-refractivity contribution in [3.63, 3.8) is 0 Å². The lowest BCUT2D eigenvalue weighted by Gasteiger charge is -2.22. The second kappa shape index (κ2) is 7.44. The Balaban J connectivity index is 1.86. The van der Waals surface area contributed by atoms with Gasteiger partial charge < -0.3 is 16.2 Å². The summed E-state index contributed by atoms with van der Waals surface area (Å²) in [5.74, 6) is 0.166. The summed E-state index contributed by atoms with van der Waals surface area (Å²) in [4.78, 5) is 24.9. The zero-order valence-corrected chi connectivity index (χ0v) is 14.7. The van der Waals surface area contributed by atoms with Crippen molar-refractivity contribution < 1.29 is 14.3 Å². The molecule has 0 bridgehead atoms. The number of hydrogen-bond donors (Lipinski definition) is 2. The molecule has 1 aromatic rings. The molecule has 0 saturated heterocycles. The average molecular weight is 350 g/mol. The summed E-state index contributed by atoms with van der Waals surface area (Å²) in [5.41, 5.74) is 14.0. The summed E-state index contributed by atoms with van der Waals surface area (Å²) in [7, 11) is 0. The summed E-state index contributed by atoms with van der Waals surface area (Å²) in [6.07, 6.45) is 7.62. The zero-order valence-electron chi connectivity index (χ0n) is 14.7. The number of Topliss-reactive ketones (excluding diaryl/α,β-unsaturated/α-hetero) is 1. The molecule has 0 fully saturated rings. The summed E-state index contributed by atoms with van der Waals surface area (Å²) in [6, 6.07) is 7.28. The minimum atomic E-state index is -0.300. The van der Waals surface area contributed by atoms with Crippen molar-refractivity contribution in [1.29, 1.82) is 0 Å². The Kier molecular flexibility index (Phi) is 5.07. The molecule has 1 aromatic carbocycles. The van der Waals surface area contributed by atoms with Crippen LogP contribution in [0.4, 0.5) is 0 Å². The van der Waals surface area contributed by atoms with E-state index in [1.807, 2.05) is 24.3 Å². The summed E-state index contributed by atoms with van der Waals surface area (Å²) < 4.78 is 5.69. The van der Waals surface area contributed by atoms with Gasteiger partial charge in [0, 0.05) is 17.0 Å². The summed E-state index contributed by atoms with van der Waals surface area (Å²) in [5, 5.41) is 0. The Bertz CT molecular complexity index is 871. The number of fused-ring (bicyclic) bond motifs is 1. The fraction of sp³-hybridized carbons (Fsp3) is 0.238. The second-order valence-corrected chi connectivity index (χ2v) is 6.33. The van der Waals surface area contributed by atoms with Gasteiger partial charge in [-0.05, 0) is 42.3 Å². The van der Waals surface area contributed by atoms with Crippen molar-refractivity contribution in [2.24, 2.45) is 11.5 Å². The van der Waals surface area contributed by atoms with Gasteiger partial charge >= 0.3 is 0 Å². The van der Waals surface area contributed by atoms with Crippen LogP contribution in [-0.4, -0.2) is 18.2 Å². The zero-order chi connectivity index (χ0) is 18.7. The van der Waals surface area contributed by atoms with E-state index < -0.39 is 0 Å². The van der Waals surface area contributed by atoms with Crippen LogP contribution in [0.2, 0.25) is 0 Å². The molecule has 2 aliphatic carbocycles. The number of benzene rings is 1. The highest BCUT2D eigenvalue weighted by atomic mass is 16.5. The predicted molar refractivity (Wildman–Crippen MR) is 101 cm³/mol. The predicted octanol–water partition coefficient (Wildman–Crippen LogP) is 2.79. The number of hydrogen-bond acceptors (Lipinski definition) is 5. The Morgan fingerprint density at radius 2 is 1.65 bits per heavy atom. The smallest absolute Gasteiger partial charge is 0.196 e. The van der Waals surface area contributed by atoms with Crippen LogP contribution in [0.5, 0.6) is 5.75 Å². The molecule has 4 N–H and O–H groups in total. The van der Waals surface area contributed by atoms with Crippen molar-refractivity contribution in [2.75, 3.05) is 6.61 Å². The third kappa shape index (κ3) is 3.33. The molecular formula is C21H22N2O3. The first kappa shape index (κ1) is 17.7. The van der Waals surface area contributed by atoms with Crippen molar-refractivity contribution in [1.82, 2.24) is 0 Å². The van der Waals surface area contributed by atoms with E-state index in [-0.39, 0.29) is 34.1 Å². The maximum absolute atomic E-state index is 12.9. The van der Waals surface area contributed by atoms with Crippen LogP contribution >= 0.6 is 0 Å². The second-order valence-electron chi connectivity index (χ2n) is 6.33. The lowest BCUT2D eigenvalue weighted by atomic mass is 9.81. The molecular weight excluding hydrogens is 328 g/mol. The molecule has 2 aliphatic rings. The number of nitrogens with two attached hydrogens (primary N) is 2. The fourth-order valence-electron chi connectivity index (χ4n) is 3.05. The standard InChI is InChI=1S/C21H22N2O3/c1-2-3-4-11-26-14-7-5-13(6-8-14)15-12-17(23)19-18(24)10-9-16(22)20(19)21(15)25/h5-10,12H,2-4,11,22-23H2,1H3. The Morgan fingerprint density at radius 3 is 2.35 bits per heavy atom. The van der Waals surface area contributed by atoms with Gasteiger partial charge in [0.15, 0.2) is 11.6 Å². The van der Waals surface area contributed by atoms with E-state index in [2.05, 4.69) is 6.92 Å². The number of ketones is 2. The van der Waals surface area contributed by atoms with Crippen molar-refractivity contribution in [3.05, 3.63) is 70.6 Å². The average Bonchev–Trinajstić information content (AvgIpc) is 2.64. The third-order valence-electron chi connectivity index (χ3n) is 4.44. The fourth-order valence-corrected chi connectivity index (χ4v) is 3.05. The van der Waals surface area contributed by atoms with Crippen LogP contribution in [-0.2, 0) is 9.59 Å². The van der Waals surface area contributed by atoms with Gasteiger partial charge in [0.25, 0.3) is 0 Å². The van der Waals surface area contributed by atoms with Gasteiger partial charge in [0.2, 0.25) is 0 Å². The molecule has 0 spiro atoms. The number of carbonyl (C=O) groups is 2. The van der Waals surface area contributed by atoms with Crippen molar-refractivity contribution >= 4 is 17.1 Å². The Morgan fingerprint density at radius 1 is 0.923 bits per heavy atom. The number of ether oxygens (including phenoxy) is 1. The first-order valence-electron chi connectivity index (χ1n) is 8.74. The van der Waals surface area contributed by atoms with Gasteiger partial charge in [-0.3, -0.25) is 9.59 Å². The van der Waals surface area contributed by atoms with Crippen LogP contribution in [0.15, 0.2) is 65.0 Å². The highest BCUT2D eigenvalue weighted by Crippen LogP contribution is 2.34. The third-order valence-corrected chi connectivity index (χ3v) is 4.44. The normalized spacial score (nSPS) is 16.7. The largest absolute Gasteiger partial charge is 0.494 e. The van der Waals surface area contributed by atoms with Crippen LogP contribution in [0.1, 0.15) is 31.7 Å². The maximum atomic E-state index is 12.9. The minimum absolute atomic E-state index is 0.187. The van der Waals surface area contributed by atoms with E-state index in [1.165, 1.54) is 12.2 Å². The van der Waals surface area contributed by atoms with Gasteiger partial charge in [0.05, 0.1) is 17.8 Å². The van der Waals surface area contributed by atoms with Gasteiger partial charge in [-0.1, -0.05) is 31.9 Å². The van der Waals surface area contributed by atoms with E-state index in [1.54, 1.807) is 6.08 Å². The molecule has 0 aliphatic heterocycles. The topological polar surface area (TPSA) is 95.4 Å². The van der Waals surface area contributed by atoms with Gasteiger partial charge in [-0.15, -0.1) is 0 Å². The molecule has 0 saturated carbocycles.